The number of piperidine rings is 1. The molecule has 2 aromatic carbocycles. The van der Waals surface area contributed by atoms with Crippen molar-refractivity contribution >= 4 is 5.91 Å². The van der Waals surface area contributed by atoms with E-state index in [0.717, 1.165) is 17.9 Å². The van der Waals surface area contributed by atoms with Crippen LogP contribution in [0.3, 0.4) is 0 Å². The van der Waals surface area contributed by atoms with Crippen LogP contribution in [0.4, 0.5) is 0 Å². The molecule has 0 radical (unpaired) electrons. The van der Waals surface area contributed by atoms with E-state index < -0.39 is 0 Å². The van der Waals surface area contributed by atoms with Crippen LogP contribution in [0, 0.1) is 0 Å². The number of rotatable bonds is 4. The summed E-state index contributed by atoms with van der Waals surface area (Å²) in [5.41, 5.74) is 3.02. The van der Waals surface area contributed by atoms with Crippen molar-refractivity contribution in [3.63, 3.8) is 0 Å². The first-order chi connectivity index (χ1) is 13.7. The lowest BCUT2D eigenvalue weighted by atomic mass is 10.1. The Morgan fingerprint density at radius 3 is 2.75 bits per heavy atom. The van der Waals surface area contributed by atoms with E-state index in [2.05, 4.69) is 23.1 Å². The summed E-state index contributed by atoms with van der Waals surface area (Å²) in [5, 5.41) is 0. The van der Waals surface area contributed by atoms with Gasteiger partial charge in [-0.15, -0.1) is 0 Å². The Morgan fingerprint density at radius 2 is 1.93 bits per heavy atom. The van der Waals surface area contributed by atoms with E-state index in [9.17, 15) is 4.79 Å². The van der Waals surface area contributed by atoms with Crippen LogP contribution in [0.1, 0.15) is 40.7 Å². The molecule has 0 aromatic heterocycles. The minimum absolute atomic E-state index is 0.0109. The fourth-order valence-electron chi connectivity index (χ4n) is 4.03. The summed E-state index contributed by atoms with van der Waals surface area (Å²) in [6.07, 6.45) is 3.92. The lowest BCUT2D eigenvalue weighted by Gasteiger charge is -2.26. The summed E-state index contributed by atoms with van der Waals surface area (Å²) in [7, 11) is 1.61. The molecule has 0 N–H and O–H groups in total. The number of fused-ring (bicyclic) bond motifs is 1. The first kappa shape index (κ1) is 18.8. The fourth-order valence-corrected chi connectivity index (χ4v) is 4.03. The maximum Gasteiger partial charge on any atom is 0.254 e. The van der Waals surface area contributed by atoms with Crippen molar-refractivity contribution in [2.24, 2.45) is 0 Å². The van der Waals surface area contributed by atoms with Crippen LogP contribution in [0.15, 0.2) is 42.5 Å². The Kier molecular flexibility index (Phi) is 5.81. The number of hydrogen-bond donors (Lipinski definition) is 0. The van der Waals surface area contributed by atoms with E-state index in [1.807, 2.05) is 23.1 Å². The predicted molar refractivity (Wildman–Crippen MR) is 109 cm³/mol. The molecule has 0 unspecified atom stereocenters. The highest BCUT2D eigenvalue weighted by Crippen LogP contribution is 2.27. The van der Waals surface area contributed by atoms with Crippen molar-refractivity contribution in [2.75, 3.05) is 33.4 Å². The second kappa shape index (κ2) is 8.65. The number of carbonyl (C=O) groups is 1. The van der Waals surface area contributed by atoms with Crippen LogP contribution in [-0.4, -0.2) is 49.1 Å². The first-order valence-electron chi connectivity index (χ1n) is 10.1. The smallest absolute Gasteiger partial charge is 0.254 e. The van der Waals surface area contributed by atoms with E-state index >= 15 is 0 Å². The largest absolute Gasteiger partial charge is 0.497 e. The maximum atomic E-state index is 13.0. The van der Waals surface area contributed by atoms with Crippen molar-refractivity contribution in [3.05, 3.63) is 59.2 Å². The summed E-state index contributed by atoms with van der Waals surface area (Å²) in [6, 6.07) is 13.8. The molecule has 0 spiro atoms. The average molecular weight is 380 g/mol. The van der Waals surface area contributed by atoms with E-state index in [1.54, 1.807) is 13.2 Å². The molecule has 2 aliphatic heterocycles. The SMILES string of the molecule is COc1cccc(C(=O)N2CCOc3ccc(CN4CCCCC4)cc3C2)c1. The van der Waals surface area contributed by atoms with E-state index in [0.29, 0.717) is 31.0 Å². The van der Waals surface area contributed by atoms with Gasteiger partial charge in [0, 0.05) is 24.2 Å². The van der Waals surface area contributed by atoms with Gasteiger partial charge in [-0.3, -0.25) is 9.69 Å². The van der Waals surface area contributed by atoms with Crippen molar-refractivity contribution in [1.82, 2.24) is 9.80 Å². The third-order valence-electron chi connectivity index (χ3n) is 5.56. The lowest BCUT2D eigenvalue weighted by Crippen LogP contribution is -2.32. The Bertz CT molecular complexity index is 830. The molecule has 2 aromatic rings. The molecule has 1 fully saturated rings. The summed E-state index contributed by atoms with van der Waals surface area (Å²) < 4.78 is 11.2. The van der Waals surface area contributed by atoms with Crippen LogP contribution in [-0.2, 0) is 13.1 Å². The number of ether oxygens (including phenoxy) is 2. The third kappa shape index (κ3) is 4.30. The van der Waals surface area contributed by atoms with E-state index in [-0.39, 0.29) is 5.91 Å². The molecule has 5 heteroatoms. The minimum atomic E-state index is 0.0109. The normalized spacial score (nSPS) is 17.4. The lowest BCUT2D eigenvalue weighted by molar-refractivity contribution is 0.0733. The van der Waals surface area contributed by atoms with Crippen LogP contribution in [0.5, 0.6) is 11.5 Å². The van der Waals surface area contributed by atoms with Crippen LogP contribution in [0.25, 0.3) is 0 Å². The predicted octanol–water partition coefficient (Wildman–Crippen LogP) is 3.72. The van der Waals surface area contributed by atoms with Gasteiger partial charge in [-0.1, -0.05) is 18.6 Å². The van der Waals surface area contributed by atoms with Gasteiger partial charge in [0.25, 0.3) is 5.91 Å². The number of nitrogens with zero attached hydrogens (tertiary/aromatic N) is 2. The molecule has 0 bridgehead atoms. The molecule has 148 valence electrons. The molecular weight excluding hydrogens is 352 g/mol. The zero-order chi connectivity index (χ0) is 19.3. The van der Waals surface area contributed by atoms with Gasteiger partial charge in [-0.05, 0) is 61.8 Å². The minimum Gasteiger partial charge on any atom is -0.497 e. The number of amides is 1. The molecular formula is C23H28N2O3. The second-order valence-electron chi connectivity index (χ2n) is 7.59. The molecule has 5 nitrogen and oxygen atoms in total. The highest BCUT2D eigenvalue weighted by Gasteiger charge is 2.22. The zero-order valence-electron chi connectivity index (χ0n) is 16.5. The monoisotopic (exact) mass is 380 g/mol. The maximum absolute atomic E-state index is 13.0. The van der Waals surface area contributed by atoms with Crippen LogP contribution < -0.4 is 9.47 Å². The Hall–Kier alpha value is -2.53. The quantitative estimate of drug-likeness (QED) is 0.811. The molecule has 1 amide bonds. The van der Waals surface area contributed by atoms with Gasteiger partial charge in [0.2, 0.25) is 0 Å². The average Bonchev–Trinajstić information content (AvgIpc) is 2.96. The van der Waals surface area contributed by atoms with Crippen molar-refractivity contribution in [3.8, 4) is 11.5 Å². The van der Waals surface area contributed by atoms with Crippen LogP contribution in [0.2, 0.25) is 0 Å². The first-order valence-corrected chi connectivity index (χ1v) is 10.1. The molecule has 0 saturated carbocycles. The highest BCUT2D eigenvalue weighted by atomic mass is 16.5. The van der Waals surface area contributed by atoms with Gasteiger partial charge < -0.3 is 14.4 Å². The van der Waals surface area contributed by atoms with E-state index in [4.69, 9.17) is 9.47 Å². The number of methoxy groups -OCH3 is 1. The van der Waals surface area contributed by atoms with Crippen molar-refractivity contribution in [1.29, 1.82) is 0 Å². The third-order valence-corrected chi connectivity index (χ3v) is 5.56. The van der Waals surface area contributed by atoms with Crippen molar-refractivity contribution in [2.45, 2.75) is 32.4 Å². The Morgan fingerprint density at radius 1 is 1.07 bits per heavy atom. The summed E-state index contributed by atoms with van der Waals surface area (Å²) in [5.74, 6) is 1.60. The van der Waals surface area contributed by atoms with Gasteiger partial charge in [0.1, 0.15) is 18.1 Å². The second-order valence-corrected chi connectivity index (χ2v) is 7.59. The number of carbonyl (C=O) groups excluding carboxylic acids is 1. The molecule has 0 atom stereocenters. The van der Waals surface area contributed by atoms with Gasteiger partial charge in [0.05, 0.1) is 13.7 Å². The molecule has 1 saturated heterocycles. The van der Waals surface area contributed by atoms with Gasteiger partial charge in [-0.25, -0.2) is 0 Å². The molecule has 2 heterocycles. The fraction of sp³-hybridized carbons (Fsp3) is 0.435. The number of likely N-dealkylation sites (tertiary alicyclic amines) is 1. The highest BCUT2D eigenvalue weighted by molar-refractivity contribution is 5.94. The molecule has 0 aliphatic carbocycles. The number of hydrogen-bond acceptors (Lipinski definition) is 4. The zero-order valence-corrected chi connectivity index (χ0v) is 16.5. The van der Waals surface area contributed by atoms with Gasteiger partial charge in [0.15, 0.2) is 0 Å². The Balaban J connectivity index is 1.51. The van der Waals surface area contributed by atoms with E-state index in [1.165, 1.54) is 37.9 Å². The number of benzene rings is 2. The molecule has 4 rings (SSSR count). The van der Waals surface area contributed by atoms with Gasteiger partial charge in [-0.2, -0.15) is 0 Å². The standard InChI is InChI=1S/C23H28N2O3/c1-27-21-7-5-6-19(15-21)23(26)25-12-13-28-22-9-8-18(14-20(22)17-25)16-24-10-3-2-4-11-24/h5-9,14-15H,2-4,10-13,16-17H2,1H3. The molecule has 28 heavy (non-hydrogen) atoms. The van der Waals surface area contributed by atoms with Crippen LogP contribution >= 0.6 is 0 Å². The summed E-state index contributed by atoms with van der Waals surface area (Å²) in [6.45, 7) is 4.97. The summed E-state index contributed by atoms with van der Waals surface area (Å²) in [4.78, 5) is 17.4. The van der Waals surface area contributed by atoms with Gasteiger partial charge >= 0.3 is 0 Å². The van der Waals surface area contributed by atoms with Crippen molar-refractivity contribution < 1.29 is 14.3 Å². The molecule has 2 aliphatic rings. The topological polar surface area (TPSA) is 42.0 Å². The Labute approximate surface area is 166 Å². The summed E-state index contributed by atoms with van der Waals surface area (Å²) >= 11 is 0.